The van der Waals surface area contributed by atoms with Crippen molar-refractivity contribution in [2.75, 3.05) is 14.1 Å². The van der Waals surface area contributed by atoms with Gasteiger partial charge in [0.1, 0.15) is 6.17 Å². The average Bonchev–Trinajstić information content (AvgIpc) is 3.61. The minimum absolute atomic E-state index is 0.413. The second-order valence-corrected chi connectivity index (χ2v) is 13.6. The quantitative estimate of drug-likeness (QED) is 0.158. The first-order chi connectivity index (χ1) is 25.6. The van der Waals surface area contributed by atoms with Crippen LogP contribution < -0.4 is 10.9 Å². The molecule has 0 radical (unpaired) electrons. The summed E-state index contributed by atoms with van der Waals surface area (Å²) in [6.07, 6.45) is 6.52. The highest BCUT2D eigenvalue weighted by Crippen LogP contribution is 2.37. The number of rotatable bonds is 8. The first-order valence-electron chi connectivity index (χ1n) is 21.3. The molecular weight excluding hydrogens is 662 g/mol. The standard InChI is InChI=1S/C17H25F.C16H22.C7H11N.C2H8N2.4C2H6/c1-7-8-15-16(11(2)3)9-14(13(6)18)10-17(15)12(4)5;1-10(2)15-8-11(3)9-16-13(5)12(4)6-7-14(15)16;1-3-7-5-4-6(2)8-7;1-3-4-2;4*1-2/h7,9-13H,1,8H2,2-6H3;6,8-10,13H,7H2,1-5H3;4-5,8H,3H2,1-2H3;3-4H,1-2H3;4*1-2H3. The summed E-state index contributed by atoms with van der Waals surface area (Å²) >= 11 is 0. The highest BCUT2D eigenvalue weighted by atomic mass is 19.1. The van der Waals surface area contributed by atoms with E-state index >= 15 is 0 Å². The number of halogens is 1. The maximum atomic E-state index is 13.6. The van der Waals surface area contributed by atoms with Gasteiger partial charge in [-0.05, 0) is 130 Å². The Bertz CT molecular complexity index is 1340. The van der Waals surface area contributed by atoms with E-state index in [0.29, 0.717) is 23.7 Å². The van der Waals surface area contributed by atoms with Gasteiger partial charge in [0.25, 0.3) is 0 Å². The first kappa shape index (κ1) is 57.8. The number of hydrogen-bond donors (Lipinski definition) is 3. The molecule has 1 aliphatic rings. The molecule has 4 heteroatoms. The highest BCUT2D eigenvalue weighted by Gasteiger charge is 2.21. The van der Waals surface area contributed by atoms with Gasteiger partial charge < -0.3 is 4.98 Å². The molecule has 0 bridgehead atoms. The lowest BCUT2D eigenvalue weighted by molar-refractivity contribution is 0.373. The number of H-pyrrole nitrogens is 1. The van der Waals surface area contributed by atoms with Gasteiger partial charge in [-0.3, -0.25) is 10.9 Å². The van der Waals surface area contributed by atoms with Gasteiger partial charge in [-0.25, -0.2) is 4.39 Å². The largest absolute Gasteiger partial charge is 0.363 e. The highest BCUT2D eigenvalue weighted by molar-refractivity contribution is 5.48. The van der Waals surface area contributed by atoms with Crippen LogP contribution in [0, 0.1) is 13.8 Å². The van der Waals surface area contributed by atoms with E-state index in [1.165, 1.54) is 39.2 Å². The summed E-state index contributed by atoms with van der Waals surface area (Å²) in [6.45, 7) is 45.7. The Hall–Kier alpha value is -2.95. The van der Waals surface area contributed by atoms with Crippen molar-refractivity contribution in [2.45, 2.75) is 188 Å². The number of hydrazine groups is 1. The van der Waals surface area contributed by atoms with E-state index in [1.54, 1.807) is 23.6 Å². The second kappa shape index (κ2) is 34.5. The predicted molar refractivity (Wildman–Crippen MR) is 248 cm³/mol. The molecule has 4 rings (SSSR count). The minimum Gasteiger partial charge on any atom is -0.363 e. The van der Waals surface area contributed by atoms with Crippen LogP contribution in [-0.4, -0.2) is 19.1 Å². The monoisotopic (exact) mass is 752 g/mol. The summed E-state index contributed by atoms with van der Waals surface area (Å²) < 4.78 is 13.6. The van der Waals surface area contributed by atoms with Crippen molar-refractivity contribution < 1.29 is 4.39 Å². The van der Waals surface area contributed by atoms with Crippen LogP contribution >= 0.6 is 0 Å². The van der Waals surface area contributed by atoms with Gasteiger partial charge in [0.05, 0.1) is 0 Å². The summed E-state index contributed by atoms with van der Waals surface area (Å²) in [5, 5.41) is 0. The van der Waals surface area contributed by atoms with E-state index in [0.717, 1.165) is 24.8 Å². The molecule has 0 aliphatic heterocycles. The Kier molecular flexibility index (Phi) is 36.9. The number of aromatic nitrogens is 1. The van der Waals surface area contributed by atoms with Crippen molar-refractivity contribution in [3.8, 4) is 0 Å². The van der Waals surface area contributed by atoms with E-state index in [4.69, 9.17) is 0 Å². The van der Waals surface area contributed by atoms with E-state index in [-0.39, 0.29) is 0 Å². The Morgan fingerprint density at radius 2 is 1.22 bits per heavy atom. The number of hydrogen-bond acceptors (Lipinski definition) is 2. The van der Waals surface area contributed by atoms with E-state index < -0.39 is 6.17 Å². The van der Waals surface area contributed by atoms with Crippen LogP contribution in [0.1, 0.15) is 210 Å². The topological polar surface area (TPSA) is 39.9 Å². The third-order valence-corrected chi connectivity index (χ3v) is 8.78. The molecule has 1 heterocycles. The molecule has 312 valence electrons. The first-order valence-corrected chi connectivity index (χ1v) is 21.3. The molecule has 1 aromatic heterocycles. The van der Waals surface area contributed by atoms with Gasteiger partial charge >= 0.3 is 0 Å². The second-order valence-electron chi connectivity index (χ2n) is 13.6. The fourth-order valence-electron chi connectivity index (χ4n) is 5.85. The zero-order valence-electron chi connectivity index (χ0n) is 39.7. The summed E-state index contributed by atoms with van der Waals surface area (Å²) in [7, 11) is 3.64. The van der Waals surface area contributed by atoms with Crippen molar-refractivity contribution in [1.29, 1.82) is 0 Å². The molecule has 0 fully saturated rings. The molecule has 2 aromatic carbocycles. The summed E-state index contributed by atoms with van der Waals surface area (Å²) in [5.41, 5.74) is 20.2. The van der Waals surface area contributed by atoms with Crippen LogP contribution in [0.25, 0.3) is 0 Å². The molecule has 2 atom stereocenters. The molecule has 54 heavy (non-hydrogen) atoms. The molecule has 1 aliphatic carbocycles. The molecule has 2 unspecified atom stereocenters. The number of fused-ring (bicyclic) bond motifs is 1. The fourth-order valence-corrected chi connectivity index (χ4v) is 5.85. The van der Waals surface area contributed by atoms with Gasteiger partial charge in [0, 0.05) is 17.3 Å². The summed E-state index contributed by atoms with van der Waals surface area (Å²) in [6, 6.07) is 13.0. The number of aromatic amines is 1. The minimum atomic E-state index is -0.905. The van der Waals surface area contributed by atoms with E-state index in [9.17, 15) is 4.39 Å². The molecule has 3 nitrogen and oxygen atoms in total. The third-order valence-electron chi connectivity index (χ3n) is 8.78. The zero-order chi connectivity index (χ0) is 43.1. The van der Waals surface area contributed by atoms with Crippen molar-refractivity contribution in [1.82, 2.24) is 15.8 Å². The summed E-state index contributed by atoms with van der Waals surface area (Å²) in [5.74, 6) is 2.06. The lowest BCUT2D eigenvalue weighted by Gasteiger charge is -2.26. The van der Waals surface area contributed by atoms with Gasteiger partial charge in [-0.15, -0.1) is 6.58 Å². The smallest absolute Gasteiger partial charge is 0.122 e. The molecule has 0 amide bonds. The lowest BCUT2D eigenvalue weighted by atomic mass is 9.79. The Morgan fingerprint density at radius 1 is 0.759 bits per heavy atom. The molecule has 3 N–H and O–H groups in total. The molecule has 0 spiro atoms. The van der Waals surface area contributed by atoms with Crippen molar-refractivity contribution >= 4 is 0 Å². The van der Waals surface area contributed by atoms with Gasteiger partial charge in [-0.2, -0.15) is 0 Å². The SMILES string of the molecule is C=CCc1c(C(C)C)cc(C(C)F)cc1C(C)C.CC.CC.CC.CC.CC1=CCc2c(C(C)C)cc(C)cc2C1C.CCc1ccc(C)[nH]1.CNNC. The maximum absolute atomic E-state index is 13.6. The molecule has 3 aromatic rings. The fraction of sp³-hybridized carbons (Fsp3) is 0.600. The normalized spacial score (nSPS) is 12.6. The molecular formula is C50H90FN3. The van der Waals surface area contributed by atoms with Crippen molar-refractivity contribution in [3.05, 3.63) is 117 Å². The zero-order valence-corrected chi connectivity index (χ0v) is 39.7. The molecule has 0 saturated carbocycles. The van der Waals surface area contributed by atoms with Crippen LogP contribution in [0.15, 0.2) is 60.7 Å². The van der Waals surface area contributed by atoms with Crippen LogP contribution in [0.2, 0.25) is 0 Å². The van der Waals surface area contributed by atoms with Crippen molar-refractivity contribution in [3.63, 3.8) is 0 Å². The van der Waals surface area contributed by atoms with E-state index in [2.05, 4.69) is 129 Å². The van der Waals surface area contributed by atoms with Gasteiger partial charge in [0.15, 0.2) is 0 Å². The van der Waals surface area contributed by atoms with Crippen molar-refractivity contribution in [2.24, 2.45) is 0 Å². The Labute approximate surface area is 337 Å². The van der Waals surface area contributed by atoms with Crippen LogP contribution in [0.5, 0.6) is 0 Å². The predicted octanol–water partition coefficient (Wildman–Crippen LogP) is 15.7. The maximum Gasteiger partial charge on any atom is 0.122 e. The summed E-state index contributed by atoms with van der Waals surface area (Å²) in [4.78, 5) is 3.23. The molecule has 0 saturated heterocycles. The van der Waals surface area contributed by atoms with Crippen LogP contribution in [0.4, 0.5) is 4.39 Å². The number of aryl methyl sites for hydroxylation is 3. The Balaban J connectivity index is -0.000000315. The average molecular weight is 752 g/mol. The van der Waals surface area contributed by atoms with Gasteiger partial charge in [0.2, 0.25) is 0 Å². The van der Waals surface area contributed by atoms with E-state index in [1.807, 2.05) is 87.7 Å². The number of nitrogens with one attached hydrogen (secondary N) is 3. The Morgan fingerprint density at radius 3 is 1.54 bits per heavy atom. The number of benzene rings is 2. The number of allylic oxidation sites excluding steroid dienone is 3. The lowest BCUT2D eigenvalue weighted by Crippen LogP contribution is -2.21. The van der Waals surface area contributed by atoms with Crippen LogP contribution in [-0.2, 0) is 19.3 Å². The van der Waals surface area contributed by atoms with Gasteiger partial charge in [-0.1, -0.05) is 158 Å². The third kappa shape index (κ3) is 21.2. The number of alkyl halides is 1. The van der Waals surface area contributed by atoms with Crippen LogP contribution in [0.3, 0.4) is 0 Å².